The number of fused-ring (bicyclic) bond motifs is 3. The monoisotopic (exact) mass is 292 g/mol. The Balaban J connectivity index is 1.93. The minimum Gasteiger partial charge on any atom is -0.497 e. The quantitative estimate of drug-likeness (QED) is 0.728. The van der Waals surface area contributed by atoms with Crippen molar-refractivity contribution in [2.75, 3.05) is 7.11 Å². The first-order chi connectivity index (χ1) is 10.8. The van der Waals surface area contributed by atoms with Crippen LogP contribution in [0.15, 0.2) is 36.8 Å². The third-order valence-corrected chi connectivity index (χ3v) is 4.14. The highest BCUT2D eigenvalue weighted by Gasteiger charge is 2.26. The van der Waals surface area contributed by atoms with E-state index in [4.69, 9.17) is 9.84 Å². The summed E-state index contributed by atoms with van der Waals surface area (Å²) in [6.45, 7) is 0. The molecule has 1 aromatic carbocycles. The number of hydrogen-bond donors (Lipinski definition) is 0. The summed E-state index contributed by atoms with van der Waals surface area (Å²) in [5, 5.41) is 4.69. The largest absolute Gasteiger partial charge is 0.497 e. The average molecular weight is 292 g/mol. The molecule has 1 aliphatic carbocycles. The lowest BCUT2D eigenvalue weighted by Crippen LogP contribution is -2.05. The number of methoxy groups -OCH3 is 1. The Hall–Kier alpha value is -2.69. The molecule has 22 heavy (non-hydrogen) atoms. The summed E-state index contributed by atoms with van der Waals surface area (Å²) in [6.07, 6.45) is 5.40. The molecule has 2 heterocycles. The molecule has 5 nitrogen and oxygen atoms in total. The Morgan fingerprint density at radius 3 is 2.73 bits per heavy atom. The van der Waals surface area contributed by atoms with Gasteiger partial charge in [0.25, 0.3) is 0 Å². The third-order valence-electron chi connectivity index (χ3n) is 4.14. The summed E-state index contributed by atoms with van der Waals surface area (Å²) < 4.78 is 7.19. The number of rotatable bonds is 2. The molecule has 0 radical (unpaired) electrons. The summed E-state index contributed by atoms with van der Waals surface area (Å²) in [5.41, 5.74) is 6.66. The fourth-order valence-electron chi connectivity index (χ4n) is 3.10. The average Bonchev–Trinajstić information content (AvgIpc) is 2.91. The molecule has 4 rings (SSSR count). The Morgan fingerprint density at radius 1 is 1.14 bits per heavy atom. The number of hydrogen-bond acceptors (Lipinski definition) is 4. The van der Waals surface area contributed by atoms with Crippen molar-refractivity contribution in [3.05, 3.63) is 48.0 Å². The van der Waals surface area contributed by atoms with Gasteiger partial charge >= 0.3 is 0 Å². The standard InChI is InChI=1S/C17H16N4O/c1-21-17(11-3-6-13(22-2)7-4-11)15-14(20-21)8-5-12-9-18-10-19-16(12)15/h3-4,6-7,9-10H,5,8H2,1-2H3. The predicted octanol–water partition coefficient (Wildman–Crippen LogP) is 2.65. The number of aromatic nitrogens is 4. The Labute approximate surface area is 128 Å². The fraction of sp³-hybridized carbons (Fsp3) is 0.235. The molecule has 0 bridgehead atoms. The van der Waals surface area contributed by atoms with Crippen molar-refractivity contribution in [2.24, 2.45) is 7.05 Å². The van der Waals surface area contributed by atoms with Crippen LogP contribution in [0.5, 0.6) is 5.75 Å². The van der Waals surface area contributed by atoms with E-state index in [0.717, 1.165) is 46.8 Å². The van der Waals surface area contributed by atoms with E-state index >= 15 is 0 Å². The maximum absolute atomic E-state index is 5.24. The molecule has 0 amide bonds. The maximum Gasteiger partial charge on any atom is 0.118 e. The van der Waals surface area contributed by atoms with E-state index in [1.54, 1.807) is 13.4 Å². The smallest absolute Gasteiger partial charge is 0.118 e. The van der Waals surface area contributed by atoms with Crippen LogP contribution in [0.3, 0.4) is 0 Å². The van der Waals surface area contributed by atoms with Gasteiger partial charge in [-0.15, -0.1) is 0 Å². The SMILES string of the molecule is COc1ccc(-c2c3c(nn2C)CCc2cncnc2-3)cc1. The predicted molar refractivity (Wildman–Crippen MR) is 83.6 cm³/mol. The first-order valence-electron chi connectivity index (χ1n) is 7.27. The normalized spacial score (nSPS) is 12.6. The lowest BCUT2D eigenvalue weighted by Gasteiger charge is -2.15. The Morgan fingerprint density at radius 2 is 1.95 bits per heavy atom. The minimum absolute atomic E-state index is 0.850. The summed E-state index contributed by atoms with van der Waals surface area (Å²) >= 11 is 0. The van der Waals surface area contributed by atoms with Crippen LogP contribution in [0.4, 0.5) is 0 Å². The van der Waals surface area contributed by atoms with Gasteiger partial charge in [-0.05, 0) is 42.7 Å². The molecule has 5 heteroatoms. The first kappa shape index (κ1) is 13.0. The van der Waals surface area contributed by atoms with Crippen molar-refractivity contribution in [1.29, 1.82) is 0 Å². The van der Waals surface area contributed by atoms with Crippen molar-refractivity contribution >= 4 is 0 Å². The molecule has 0 saturated heterocycles. The van der Waals surface area contributed by atoms with Crippen molar-refractivity contribution in [2.45, 2.75) is 12.8 Å². The topological polar surface area (TPSA) is 52.8 Å². The van der Waals surface area contributed by atoms with Gasteiger partial charge in [0.15, 0.2) is 0 Å². The molecule has 0 N–H and O–H groups in total. The van der Waals surface area contributed by atoms with Crippen LogP contribution in [0.2, 0.25) is 0 Å². The highest BCUT2D eigenvalue weighted by atomic mass is 16.5. The third kappa shape index (κ3) is 1.89. The number of ether oxygens (including phenoxy) is 1. The number of aryl methyl sites for hydroxylation is 3. The molecule has 0 atom stereocenters. The number of nitrogens with zero attached hydrogens (tertiary/aromatic N) is 4. The molecular formula is C17H16N4O. The van der Waals surface area contributed by atoms with Crippen LogP contribution >= 0.6 is 0 Å². The Bertz CT molecular complexity index is 836. The van der Waals surface area contributed by atoms with Gasteiger partial charge in [0.05, 0.1) is 24.2 Å². The van der Waals surface area contributed by atoms with Crippen LogP contribution in [0.1, 0.15) is 11.3 Å². The van der Waals surface area contributed by atoms with Crippen molar-refractivity contribution in [3.63, 3.8) is 0 Å². The van der Waals surface area contributed by atoms with E-state index < -0.39 is 0 Å². The van der Waals surface area contributed by atoms with Gasteiger partial charge in [-0.3, -0.25) is 4.68 Å². The zero-order valence-electron chi connectivity index (χ0n) is 12.6. The van der Waals surface area contributed by atoms with Crippen LogP contribution in [0, 0.1) is 0 Å². The molecular weight excluding hydrogens is 276 g/mol. The lowest BCUT2D eigenvalue weighted by molar-refractivity contribution is 0.415. The summed E-state index contributed by atoms with van der Waals surface area (Å²) in [6, 6.07) is 8.06. The van der Waals surface area contributed by atoms with E-state index in [1.807, 2.05) is 30.1 Å². The molecule has 1 aliphatic rings. The molecule has 0 saturated carbocycles. The van der Waals surface area contributed by atoms with Gasteiger partial charge in [0.2, 0.25) is 0 Å². The highest BCUT2D eigenvalue weighted by molar-refractivity contribution is 5.83. The molecule has 0 unspecified atom stereocenters. The van der Waals surface area contributed by atoms with Gasteiger partial charge < -0.3 is 4.74 Å². The van der Waals surface area contributed by atoms with Gasteiger partial charge in [-0.25, -0.2) is 9.97 Å². The second kappa shape index (κ2) is 4.94. The van der Waals surface area contributed by atoms with Crippen molar-refractivity contribution in [1.82, 2.24) is 19.7 Å². The zero-order chi connectivity index (χ0) is 15.1. The van der Waals surface area contributed by atoms with Gasteiger partial charge in [0.1, 0.15) is 12.1 Å². The van der Waals surface area contributed by atoms with Crippen LogP contribution in [-0.4, -0.2) is 26.9 Å². The number of benzene rings is 1. The Kier molecular flexibility index (Phi) is 2.92. The van der Waals surface area contributed by atoms with Crippen LogP contribution in [0.25, 0.3) is 22.5 Å². The zero-order valence-corrected chi connectivity index (χ0v) is 12.6. The van der Waals surface area contributed by atoms with E-state index in [0.29, 0.717) is 0 Å². The summed E-state index contributed by atoms with van der Waals surface area (Å²) in [5.74, 6) is 0.850. The fourth-order valence-corrected chi connectivity index (χ4v) is 3.10. The molecule has 0 fully saturated rings. The highest BCUT2D eigenvalue weighted by Crippen LogP contribution is 2.39. The van der Waals surface area contributed by atoms with E-state index in [-0.39, 0.29) is 0 Å². The van der Waals surface area contributed by atoms with E-state index in [9.17, 15) is 0 Å². The molecule has 0 aliphatic heterocycles. The molecule has 3 aromatic rings. The minimum atomic E-state index is 0.850. The maximum atomic E-state index is 5.24. The second-order valence-electron chi connectivity index (χ2n) is 5.42. The van der Waals surface area contributed by atoms with E-state index in [2.05, 4.69) is 22.1 Å². The van der Waals surface area contributed by atoms with Crippen molar-refractivity contribution < 1.29 is 4.74 Å². The summed E-state index contributed by atoms with van der Waals surface area (Å²) in [7, 11) is 3.66. The van der Waals surface area contributed by atoms with E-state index in [1.165, 1.54) is 5.56 Å². The first-order valence-corrected chi connectivity index (χ1v) is 7.27. The summed E-state index contributed by atoms with van der Waals surface area (Å²) in [4.78, 5) is 8.65. The molecule has 0 spiro atoms. The van der Waals surface area contributed by atoms with Crippen LogP contribution in [-0.2, 0) is 19.9 Å². The molecule has 110 valence electrons. The molecule has 2 aromatic heterocycles. The second-order valence-corrected chi connectivity index (χ2v) is 5.42. The lowest BCUT2D eigenvalue weighted by atomic mass is 9.91. The van der Waals surface area contributed by atoms with Gasteiger partial charge in [-0.2, -0.15) is 5.10 Å². The van der Waals surface area contributed by atoms with Gasteiger partial charge in [-0.1, -0.05) is 0 Å². The van der Waals surface area contributed by atoms with Crippen molar-refractivity contribution in [3.8, 4) is 28.3 Å². The van der Waals surface area contributed by atoms with Gasteiger partial charge in [0, 0.05) is 24.4 Å². The van der Waals surface area contributed by atoms with Crippen LogP contribution < -0.4 is 4.74 Å².